The molecule has 0 saturated carbocycles. The fourth-order valence-electron chi connectivity index (χ4n) is 2.83. The fourth-order valence-corrected chi connectivity index (χ4v) is 3.44. The molecule has 0 amide bonds. The normalized spacial score (nSPS) is 15.6. The van der Waals surface area contributed by atoms with Crippen LogP contribution in [0.1, 0.15) is 0 Å². The Labute approximate surface area is 145 Å². The smallest absolute Gasteiger partial charge is 0.141 e. The van der Waals surface area contributed by atoms with Crippen molar-refractivity contribution in [3.63, 3.8) is 0 Å². The lowest BCUT2D eigenvalue weighted by Crippen LogP contribution is -2.44. The summed E-state index contributed by atoms with van der Waals surface area (Å²) < 4.78 is 0. The van der Waals surface area contributed by atoms with Gasteiger partial charge in [0.15, 0.2) is 0 Å². The Morgan fingerprint density at radius 2 is 1.67 bits per heavy atom. The summed E-state index contributed by atoms with van der Waals surface area (Å²) in [5, 5.41) is 2.91. The van der Waals surface area contributed by atoms with E-state index in [1.54, 1.807) is 17.5 Å². The van der Waals surface area contributed by atoms with Crippen molar-refractivity contribution in [3.05, 3.63) is 48.2 Å². The summed E-state index contributed by atoms with van der Waals surface area (Å²) in [6, 6.07) is 8.29. The molecule has 0 aliphatic carbocycles. The molecule has 0 bridgehead atoms. The predicted octanol–water partition coefficient (Wildman–Crippen LogP) is 3.02. The second-order valence-electron chi connectivity index (χ2n) is 5.96. The molecule has 0 spiro atoms. The van der Waals surface area contributed by atoms with E-state index in [-0.39, 0.29) is 0 Å². The molecule has 122 valence electrons. The minimum atomic E-state index is 0.905. The van der Waals surface area contributed by atoms with Crippen LogP contribution in [0.15, 0.2) is 48.2 Å². The lowest BCUT2D eigenvalue weighted by atomic mass is 10.1. The van der Waals surface area contributed by atoms with Crippen molar-refractivity contribution in [2.24, 2.45) is 0 Å². The van der Waals surface area contributed by atoms with Gasteiger partial charge in [-0.1, -0.05) is 0 Å². The van der Waals surface area contributed by atoms with Gasteiger partial charge >= 0.3 is 0 Å². The largest absolute Gasteiger partial charge is 0.368 e. The number of rotatable bonds is 3. The molecule has 1 saturated heterocycles. The highest BCUT2D eigenvalue weighted by Gasteiger charge is 2.14. The molecule has 0 unspecified atom stereocenters. The van der Waals surface area contributed by atoms with Gasteiger partial charge in [-0.05, 0) is 31.3 Å². The third-order valence-corrected chi connectivity index (χ3v) is 5.12. The van der Waals surface area contributed by atoms with Crippen LogP contribution in [-0.2, 0) is 0 Å². The van der Waals surface area contributed by atoms with Crippen LogP contribution in [0.25, 0.3) is 22.0 Å². The Bertz CT molecular complexity index is 775. The Hall–Kier alpha value is -2.31. The highest BCUT2D eigenvalue weighted by molar-refractivity contribution is 7.13. The molecule has 0 N–H and O–H groups in total. The first-order valence-electron chi connectivity index (χ1n) is 8.05. The molecule has 0 aromatic carbocycles. The first kappa shape index (κ1) is 15.2. The van der Waals surface area contributed by atoms with Crippen LogP contribution in [0, 0.1) is 0 Å². The van der Waals surface area contributed by atoms with E-state index in [4.69, 9.17) is 0 Å². The van der Waals surface area contributed by atoms with E-state index in [0.717, 1.165) is 48.1 Å². The molecule has 4 rings (SSSR count). The van der Waals surface area contributed by atoms with Crippen LogP contribution in [0.4, 0.5) is 5.69 Å². The summed E-state index contributed by atoms with van der Waals surface area (Å²) in [5.74, 6) is 0. The molecule has 5 nitrogen and oxygen atoms in total. The molecule has 6 heteroatoms. The number of likely N-dealkylation sites (N-methyl/N-ethyl adjacent to an activating group) is 1. The Morgan fingerprint density at radius 1 is 0.875 bits per heavy atom. The van der Waals surface area contributed by atoms with Crippen LogP contribution in [0.3, 0.4) is 0 Å². The second kappa shape index (κ2) is 6.67. The topological polar surface area (TPSA) is 45.2 Å². The molecule has 0 atom stereocenters. The number of thiazole rings is 1. The number of hydrogen-bond acceptors (Lipinski definition) is 6. The first-order valence-corrected chi connectivity index (χ1v) is 8.93. The molecular formula is C18H19N5S. The van der Waals surface area contributed by atoms with E-state index in [0.29, 0.717) is 0 Å². The zero-order chi connectivity index (χ0) is 16.4. The van der Waals surface area contributed by atoms with E-state index >= 15 is 0 Å². The van der Waals surface area contributed by atoms with Crippen molar-refractivity contribution in [1.82, 2.24) is 19.9 Å². The van der Waals surface area contributed by atoms with Crippen LogP contribution in [0.5, 0.6) is 0 Å². The van der Waals surface area contributed by atoms with Crippen molar-refractivity contribution < 1.29 is 0 Å². The van der Waals surface area contributed by atoms with Gasteiger partial charge < -0.3 is 9.80 Å². The summed E-state index contributed by atoms with van der Waals surface area (Å²) in [6.07, 6.45) is 5.64. The van der Waals surface area contributed by atoms with E-state index in [9.17, 15) is 0 Å². The van der Waals surface area contributed by atoms with Gasteiger partial charge in [-0.3, -0.25) is 9.97 Å². The lowest BCUT2D eigenvalue weighted by molar-refractivity contribution is 0.313. The zero-order valence-electron chi connectivity index (χ0n) is 13.6. The number of anilines is 1. The Kier molecular flexibility index (Phi) is 4.23. The minimum absolute atomic E-state index is 0.905. The van der Waals surface area contributed by atoms with E-state index < -0.39 is 0 Å². The Morgan fingerprint density at radius 3 is 2.29 bits per heavy atom. The van der Waals surface area contributed by atoms with E-state index in [1.807, 2.05) is 23.8 Å². The average molecular weight is 337 g/mol. The van der Waals surface area contributed by atoms with Gasteiger partial charge in [0, 0.05) is 49.5 Å². The molecule has 3 aromatic rings. The molecule has 3 aromatic heterocycles. The lowest BCUT2D eigenvalue weighted by Gasteiger charge is -2.33. The highest BCUT2D eigenvalue weighted by atomic mass is 32.1. The quantitative estimate of drug-likeness (QED) is 0.735. The summed E-state index contributed by atoms with van der Waals surface area (Å²) in [4.78, 5) is 18.2. The summed E-state index contributed by atoms with van der Waals surface area (Å²) >= 11 is 1.60. The minimum Gasteiger partial charge on any atom is -0.368 e. The maximum atomic E-state index is 4.63. The number of hydrogen-bond donors (Lipinski definition) is 0. The summed E-state index contributed by atoms with van der Waals surface area (Å²) in [6.45, 7) is 4.32. The van der Waals surface area contributed by atoms with Crippen LogP contribution in [-0.4, -0.2) is 53.1 Å². The highest BCUT2D eigenvalue weighted by Crippen LogP contribution is 2.24. The van der Waals surface area contributed by atoms with Crippen molar-refractivity contribution in [2.75, 3.05) is 38.1 Å². The van der Waals surface area contributed by atoms with E-state index in [1.165, 1.54) is 5.69 Å². The van der Waals surface area contributed by atoms with Crippen LogP contribution >= 0.6 is 11.3 Å². The molecule has 1 aliphatic rings. The third-order valence-electron chi connectivity index (χ3n) is 4.33. The first-order chi connectivity index (χ1) is 11.8. The fraction of sp³-hybridized carbons (Fsp3) is 0.278. The van der Waals surface area contributed by atoms with Gasteiger partial charge in [-0.25, -0.2) is 4.98 Å². The molecular weight excluding hydrogens is 318 g/mol. The zero-order valence-corrected chi connectivity index (χ0v) is 14.4. The maximum absolute atomic E-state index is 4.63. The number of piperazine rings is 1. The Balaban J connectivity index is 1.50. The third kappa shape index (κ3) is 3.16. The van der Waals surface area contributed by atoms with Crippen molar-refractivity contribution in [3.8, 4) is 22.0 Å². The number of nitrogens with zero attached hydrogens (tertiary/aromatic N) is 5. The average Bonchev–Trinajstić information content (AvgIpc) is 3.17. The van der Waals surface area contributed by atoms with Crippen molar-refractivity contribution in [2.45, 2.75) is 0 Å². The van der Waals surface area contributed by atoms with Crippen molar-refractivity contribution >= 4 is 17.0 Å². The molecule has 24 heavy (non-hydrogen) atoms. The number of pyridine rings is 2. The van der Waals surface area contributed by atoms with Crippen LogP contribution < -0.4 is 4.90 Å². The second-order valence-corrected chi connectivity index (χ2v) is 6.86. The summed E-state index contributed by atoms with van der Waals surface area (Å²) in [5.41, 5.74) is 4.08. The van der Waals surface area contributed by atoms with E-state index in [2.05, 4.69) is 50.0 Å². The maximum Gasteiger partial charge on any atom is 0.141 e. The SMILES string of the molecule is CN1CCN(c2ccc(-c3ccc(-c4nccs4)nc3)nc2)CC1. The van der Waals surface area contributed by atoms with Gasteiger partial charge in [0.25, 0.3) is 0 Å². The van der Waals surface area contributed by atoms with Gasteiger partial charge in [0.2, 0.25) is 0 Å². The van der Waals surface area contributed by atoms with Crippen LogP contribution in [0.2, 0.25) is 0 Å². The monoisotopic (exact) mass is 337 g/mol. The number of aromatic nitrogens is 3. The van der Waals surface area contributed by atoms with Gasteiger partial charge in [-0.15, -0.1) is 11.3 Å². The molecule has 0 radical (unpaired) electrons. The van der Waals surface area contributed by atoms with Gasteiger partial charge in [0.1, 0.15) is 5.01 Å². The van der Waals surface area contributed by atoms with Crippen molar-refractivity contribution in [1.29, 1.82) is 0 Å². The van der Waals surface area contributed by atoms with Gasteiger partial charge in [-0.2, -0.15) is 0 Å². The predicted molar refractivity (Wildman–Crippen MR) is 98.3 cm³/mol. The molecule has 1 fully saturated rings. The standard InChI is InChI=1S/C18H19N5S/c1-22-7-9-23(10-8-22)15-3-5-16(21-13-15)14-2-4-17(20-12-14)18-19-6-11-24-18/h2-6,11-13H,7-10H2,1H3. The van der Waals surface area contributed by atoms with Gasteiger partial charge in [0.05, 0.1) is 23.3 Å². The summed E-state index contributed by atoms with van der Waals surface area (Å²) in [7, 11) is 2.17. The molecule has 4 heterocycles. The molecule has 1 aliphatic heterocycles.